The van der Waals surface area contributed by atoms with Crippen LogP contribution in [0.2, 0.25) is 0 Å². The normalized spacial score (nSPS) is 17.1. The molecule has 1 aliphatic heterocycles. The lowest BCUT2D eigenvalue weighted by Gasteiger charge is -2.26. The van der Waals surface area contributed by atoms with E-state index in [1.165, 1.54) is 6.21 Å². The van der Waals surface area contributed by atoms with Crippen LogP contribution in [0.15, 0.2) is 63.8 Å². The van der Waals surface area contributed by atoms with E-state index in [9.17, 15) is 10.0 Å². The van der Waals surface area contributed by atoms with E-state index in [4.69, 9.17) is 4.42 Å². The monoisotopic (exact) mass is 334 g/mol. The van der Waals surface area contributed by atoms with Crippen molar-refractivity contribution >= 4 is 22.9 Å². The zero-order chi connectivity index (χ0) is 17.4. The third-order valence-electron chi connectivity index (χ3n) is 4.53. The molecule has 0 fully saturated rings. The van der Waals surface area contributed by atoms with Crippen LogP contribution in [-0.2, 0) is 6.54 Å². The molecule has 1 unspecified atom stereocenters. The van der Waals surface area contributed by atoms with Crippen LogP contribution in [0.1, 0.15) is 18.1 Å². The Hall–Kier alpha value is -3.08. The van der Waals surface area contributed by atoms with Gasteiger partial charge in [0.1, 0.15) is 11.1 Å². The fraction of sp³-hybridized carbons (Fsp3) is 0.200. The lowest BCUT2D eigenvalue weighted by molar-refractivity contribution is -0.488. The Kier molecular flexibility index (Phi) is 3.76. The summed E-state index contributed by atoms with van der Waals surface area (Å²) in [7, 11) is 0. The van der Waals surface area contributed by atoms with Crippen molar-refractivity contribution < 1.29 is 9.16 Å². The first-order chi connectivity index (χ1) is 12.1. The average molecular weight is 334 g/mol. The van der Waals surface area contributed by atoms with E-state index in [0.29, 0.717) is 24.2 Å². The molecule has 25 heavy (non-hydrogen) atoms. The maximum atomic E-state index is 12.5. The largest absolute Gasteiger partial charge is 0.624 e. The topological polar surface area (TPSA) is 59.5 Å². The Morgan fingerprint density at radius 1 is 1.16 bits per heavy atom. The number of para-hydroxylation sites is 1. The summed E-state index contributed by atoms with van der Waals surface area (Å²) in [5, 5.41) is 13.2. The second kappa shape index (κ2) is 6.09. The highest BCUT2D eigenvalue weighted by molar-refractivity contribution is 5.99. The van der Waals surface area contributed by atoms with Crippen molar-refractivity contribution in [2.45, 2.75) is 19.5 Å². The fourth-order valence-electron chi connectivity index (χ4n) is 3.30. The molecule has 2 heterocycles. The molecule has 0 saturated carbocycles. The molecule has 5 heteroatoms. The zero-order valence-corrected chi connectivity index (χ0v) is 13.9. The molecule has 0 amide bonds. The van der Waals surface area contributed by atoms with Gasteiger partial charge in [0.15, 0.2) is 12.3 Å². The first-order valence-corrected chi connectivity index (χ1v) is 8.28. The minimum Gasteiger partial charge on any atom is -0.624 e. The predicted molar refractivity (Wildman–Crippen MR) is 98.2 cm³/mol. The lowest BCUT2D eigenvalue weighted by atomic mass is 10.1. The van der Waals surface area contributed by atoms with Crippen molar-refractivity contribution in [3.05, 3.63) is 81.4 Å². The van der Waals surface area contributed by atoms with Crippen molar-refractivity contribution in [3.63, 3.8) is 0 Å². The highest BCUT2D eigenvalue weighted by Gasteiger charge is 2.28. The van der Waals surface area contributed by atoms with Gasteiger partial charge in [0.25, 0.3) is 0 Å². The van der Waals surface area contributed by atoms with Crippen LogP contribution in [0.5, 0.6) is 0 Å². The predicted octanol–water partition coefficient (Wildman–Crippen LogP) is 3.13. The zero-order valence-electron chi connectivity index (χ0n) is 13.9. The Labute approximate surface area is 145 Å². The summed E-state index contributed by atoms with van der Waals surface area (Å²) in [6, 6.07) is 17.2. The Bertz CT molecular complexity index is 1010. The summed E-state index contributed by atoms with van der Waals surface area (Å²) < 4.78 is 6.26. The number of hydrogen-bond donors (Lipinski definition) is 0. The van der Waals surface area contributed by atoms with Crippen molar-refractivity contribution in [1.82, 2.24) is 0 Å². The van der Waals surface area contributed by atoms with Crippen LogP contribution in [0.3, 0.4) is 0 Å². The van der Waals surface area contributed by atoms with Gasteiger partial charge in [0.2, 0.25) is 0 Å². The highest BCUT2D eigenvalue weighted by Crippen LogP contribution is 2.31. The van der Waals surface area contributed by atoms with Gasteiger partial charge in [-0.25, -0.2) is 9.53 Å². The summed E-state index contributed by atoms with van der Waals surface area (Å²) in [4.78, 5) is 14.6. The van der Waals surface area contributed by atoms with Gasteiger partial charge in [0.05, 0.1) is 12.2 Å². The molecule has 1 atom stereocenters. The van der Waals surface area contributed by atoms with Gasteiger partial charge < -0.3 is 14.5 Å². The number of benzene rings is 2. The number of hydrogen-bond acceptors (Lipinski definition) is 4. The number of fused-ring (bicyclic) bond motifs is 3. The number of rotatable bonds is 2. The molecular weight excluding hydrogens is 316 g/mol. The van der Waals surface area contributed by atoms with Crippen LogP contribution < -0.4 is 10.5 Å². The van der Waals surface area contributed by atoms with Gasteiger partial charge in [-0.2, -0.15) is 0 Å². The standard InChI is InChI=1S/C20H18N2O3/c1-14-11-21(12-15-7-3-2-4-8-15)19-16-9-5-6-10-18(16)25-20(23)17(19)13-22(14)24/h2-10,13-14H,11-12H2,1H3. The molecule has 0 spiro atoms. The summed E-state index contributed by atoms with van der Waals surface area (Å²) in [6.45, 7) is 3.00. The molecule has 0 radical (unpaired) electrons. The average Bonchev–Trinajstić information content (AvgIpc) is 2.74. The number of nitrogens with zero attached hydrogens (tertiary/aromatic N) is 2. The van der Waals surface area contributed by atoms with Crippen molar-refractivity contribution in [2.24, 2.45) is 0 Å². The molecule has 1 aromatic heterocycles. The van der Waals surface area contributed by atoms with Gasteiger partial charge in [-0.3, -0.25) is 0 Å². The third kappa shape index (κ3) is 2.78. The second-order valence-corrected chi connectivity index (χ2v) is 6.35. The van der Waals surface area contributed by atoms with E-state index in [1.807, 2.05) is 55.5 Å². The maximum absolute atomic E-state index is 12.5. The van der Waals surface area contributed by atoms with E-state index in [-0.39, 0.29) is 6.04 Å². The molecule has 1 aliphatic rings. The SMILES string of the molecule is CC1CN(Cc2ccccc2)c2c(c(=O)oc3ccccc23)C=[N+]1[O-]. The van der Waals surface area contributed by atoms with Gasteiger partial charge in [-0.1, -0.05) is 42.5 Å². The van der Waals surface area contributed by atoms with E-state index in [1.54, 1.807) is 6.07 Å². The first-order valence-electron chi connectivity index (χ1n) is 8.28. The van der Waals surface area contributed by atoms with Crippen molar-refractivity contribution in [3.8, 4) is 0 Å². The molecule has 2 aromatic carbocycles. The van der Waals surface area contributed by atoms with Crippen LogP contribution in [-0.4, -0.2) is 23.5 Å². The van der Waals surface area contributed by atoms with Gasteiger partial charge in [-0.05, 0) is 17.7 Å². The highest BCUT2D eigenvalue weighted by atomic mass is 16.5. The second-order valence-electron chi connectivity index (χ2n) is 6.35. The van der Waals surface area contributed by atoms with Gasteiger partial charge in [0, 0.05) is 18.9 Å². The smallest absolute Gasteiger partial charge is 0.351 e. The molecule has 126 valence electrons. The van der Waals surface area contributed by atoms with Gasteiger partial charge in [-0.15, -0.1) is 0 Å². The number of anilines is 1. The van der Waals surface area contributed by atoms with Crippen molar-refractivity contribution in [1.29, 1.82) is 0 Å². The third-order valence-corrected chi connectivity index (χ3v) is 4.53. The molecule has 4 rings (SSSR count). The summed E-state index contributed by atoms with van der Waals surface area (Å²) >= 11 is 0. The van der Waals surface area contributed by atoms with Crippen molar-refractivity contribution in [2.75, 3.05) is 11.4 Å². The number of hydroxylamine groups is 1. The lowest BCUT2D eigenvalue weighted by Crippen LogP contribution is -2.34. The minimum absolute atomic E-state index is 0.269. The van der Waals surface area contributed by atoms with E-state index < -0.39 is 5.63 Å². The quantitative estimate of drug-likeness (QED) is 0.410. The molecule has 0 saturated heterocycles. The summed E-state index contributed by atoms with van der Waals surface area (Å²) in [6.07, 6.45) is 1.36. The summed E-state index contributed by atoms with van der Waals surface area (Å²) in [5.41, 5.74) is 2.25. The Balaban J connectivity index is 1.95. The van der Waals surface area contributed by atoms with E-state index in [0.717, 1.165) is 21.4 Å². The van der Waals surface area contributed by atoms with E-state index in [2.05, 4.69) is 4.90 Å². The molecule has 5 nitrogen and oxygen atoms in total. The molecule has 0 aliphatic carbocycles. The molecule has 3 aromatic rings. The summed E-state index contributed by atoms with van der Waals surface area (Å²) in [5.74, 6) is 0. The fourth-order valence-corrected chi connectivity index (χ4v) is 3.30. The Morgan fingerprint density at radius 2 is 1.88 bits per heavy atom. The van der Waals surface area contributed by atoms with Gasteiger partial charge >= 0.3 is 5.63 Å². The van der Waals surface area contributed by atoms with Crippen LogP contribution in [0.4, 0.5) is 5.69 Å². The first kappa shape index (κ1) is 15.4. The maximum Gasteiger partial charge on any atom is 0.351 e. The van der Waals surface area contributed by atoms with Crippen LogP contribution >= 0.6 is 0 Å². The Morgan fingerprint density at radius 3 is 2.68 bits per heavy atom. The molecular formula is C20H18N2O3. The molecule has 0 N–H and O–H groups in total. The minimum atomic E-state index is -0.485. The molecule has 0 bridgehead atoms. The van der Waals surface area contributed by atoms with Crippen LogP contribution in [0.25, 0.3) is 11.0 Å². The van der Waals surface area contributed by atoms with Crippen LogP contribution in [0, 0.1) is 5.21 Å². The van der Waals surface area contributed by atoms with E-state index >= 15 is 0 Å².